The molecule has 0 unspecified atom stereocenters. The van der Waals surface area contributed by atoms with Crippen LogP contribution in [-0.2, 0) is 22.6 Å². The average molecular weight is 660 g/mol. The third-order valence-corrected chi connectivity index (χ3v) is 8.61. The van der Waals surface area contributed by atoms with E-state index in [2.05, 4.69) is 22.5 Å². The van der Waals surface area contributed by atoms with Gasteiger partial charge >= 0.3 is 5.97 Å². The van der Waals surface area contributed by atoms with Crippen LogP contribution >= 0.6 is 27.3 Å². The van der Waals surface area contributed by atoms with Gasteiger partial charge in [0, 0.05) is 10.0 Å². The normalized spacial score (nSPS) is 14.6. The summed E-state index contributed by atoms with van der Waals surface area (Å²) >= 11 is 4.75. The topological polar surface area (TPSA) is 79.1 Å². The second-order valence-electron chi connectivity index (χ2n) is 9.82. The van der Waals surface area contributed by atoms with Gasteiger partial charge in [0.05, 0.1) is 36.1 Å². The summed E-state index contributed by atoms with van der Waals surface area (Å²) in [5.41, 5.74) is 4.22. The molecule has 0 amide bonds. The molecule has 4 aromatic rings. The number of nitrogens with zero attached hydrogens (tertiary/aromatic N) is 2. The smallest absolute Gasteiger partial charge is 0.338 e. The molecule has 1 aliphatic rings. The third-order valence-electron chi connectivity index (χ3n) is 7.10. The maximum absolute atomic E-state index is 14.0. The molecular formula is C34H31BrN2O5S. The van der Waals surface area contributed by atoms with Crippen molar-refractivity contribution in [2.45, 2.75) is 32.4 Å². The van der Waals surface area contributed by atoms with Crippen molar-refractivity contribution in [2.75, 3.05) is 14.2 Å². The van der Waals surface area contributed by atoms with Crippen LogP contribution in [0.4, 0.5) is 0 Å². The SMILES string of the molecule is C=CCc1cc(/C=c2\sc3n(c2=O)[C@@H](c2ccccc2)C(C(=O)OC)=C(CC)N=3)cc(OC)c1OCc1ccc(Br)cc1. The predicted octanol–water partition coefficient (Wildman–Crippen LogP) is 5.88. The number of methoxy groups -OCH3 is 2. The van der Waals surface area contributed by atoms with Crippen molar-refractivity contribution in [1.82, 2.24) is 4.57 Å². The summed E-state index contributed by atoms with van der Waals surface area (Å²) in [6.45, 7) is 6.22. The molecule has 0 N–H and O–H groups in total. The van der Waals surface area contributed by atoms with Crippen LogP contribution in [0.1, 0.15) is 41.6 Å². The van der Waals surface area contributed by atoms with E-state index < -0.39 is 12.0 Å². The van der Waals surface area contributed by atoms with E-state index >= 15 is 0 Å². The van der Waals surface area contributed by atoms with Crippen LogP contribution < -0.4 is 24.4 Å². The highest BCUT2D eigenvalue weighted by Gasteiger charge is 2.33. The van der Waals surface area contributed by atoms with Crippen molar-refractivity contribution < 1.29 is 19.0 Å². The van der Waals surface area contributed by atoms with Crippen LogP contribution in [0.25, 0.3) is 6.08 Å². The second-order valence-corrected chi connectivity index (χ2v) is 11.7. The fraction of sp³-hybridized carbons (Fsp3) is 0.206. The first-order valence-corrected chi connectivity index (χ1v) is 15.4. The van der Waals surface area contributed by atoms with Gasteiger partial charge in [0.1, 0.15) is 6.61 Å². The summed E-state index contributed by atoms with van der Waals surface area (Å²) in [4.78, 5) is 32.3. The Balaban J connectivity index is 1.62. The zero-order chi connectivity index (χ0) is 30.5. The Hall–Kier alpha value is -4.21. The van der Waals surface area contributed by atoms with Crippen molar-refractivity contribution in [2.24, 2.45) is 4.99 Å². The van der Waals surface area contributed by atoms with Gasteiger partial charge in [-0.15, -0.1) is 6.58 Å². The number of carbonyl (C=O) groups is 1. The fourth-order valence-electron chi connectivity index (χ4n) is 5.09. The number of thiazole rings is 1. The first-order chi connectivity index (χ1) is 20.9. The molecule has 1 aliphatic heterocycles. The van der Waals surface area contributed by atoms with E-state index in [0.29, 0.717) is 51.6 Å². The largest absolute Gasteiger partial charge is 0.493 e. The molecule has 220 valence electrons. The van der Waals surface area contributed by atoms with E-state index in [4.69, 9.17) is 19.2 Å². The van der Waals surface area contributed by atoms with Gasteiger partial charge in [-0.05, 0) is 59.9 Å². The van der Waals surface area contributed by atoms with E-state index in [9.17, 15) is 9.59 Å². The number of rotatable bonds is 10. The Morgan fingerprint density at radius 3 is 2.51 bits per heavy atom. The molecule has 0 spiro atoms. The molecule has 7 nitrogen and oxygen atoms in total. The minimum atomic E-state index is -0.651. The van der Waals surface area contributed by atoms with Crippen LogP contribution in [-0.4, -0.2) is 24.8 Å². The maximum Gasteiger partial charge on any atom is 0.338 e. The minimum Gasteiger partial charge on any atom is -0.493 e. The molecule has 0 saturated carbocycles. The molecule has 1 aromatic heterocycles. The van der Waals surface area contributed by atoms with Crippen molar-refractivity contribution in [3.8, 4) is 11.5 Å². The second kappa shape index (κ2) is 13.4. The van der Waals surface area contributed by atoms with E-state index in [1.165, 1.54) is 18.4 Å². The molecule has 0 aliphatic carbocycles. The number of esters is 1. The van der Waals surface area contributed by atoms with E-state index in [1.807, 2.05) is 79.7 Å². The van der Waals surface area contributed by atoms with Crippen LogP contribution in [0.15, 0.2) is 105 Å². The highest BCUT2D eigenvalue weighted by molar-refractivity contribution is 9.10. The summed E-state index contributed by atoms with van der Waals surface area (Å²) in [6.07, 6.45) is 4.69. The molecule has 0 saturated heterocycles. The van der Waals surface area contributed by atoms with Crippen LogP contribution in [0.2, 0.25) is 0 Å². The van der Waals surface area contributed by atoms with Gasteiger partial charge in [-0.3, -0.25) is 9.36 Å². The monoisotopic (exact) mass is 658 g/mol. The van der Waals surface area contributed by atoms with Gasteiger partial charge in [-0.25, -0.2) is 9.79 Å². The standard InChI is InChI=1S/C34H31BrN2O5S/c1-5-10-24-17-22(18-27(40-3)31(24)42-20-21-13-15-25(35)16-14-21)19-28-32(38)37-30(23-11-8-7-9-12-23)29(33(39)41-4)26(6-2)36-34(37)43-28/h5,7-9,11-19,30H,1,6,10,20H2,2-4H3/b28-19-/t30-/m0/s1. The molecule has 0 radical (unpaired) electrons. The quantitative estimate of drug-likeness (QED) is 0.157. The number of hydrogen-bond acceptors (Lipinski definition) is 7. The minimum absolute atomic E-state index is 0.242. The first-order valence-electron chi connectivity index (χ1n) is 13.8. The number of hydrogen-bond donors (Lipinski definition) is 0. The Morgan fingerprint density at radius 1 is 1.12 bits per heavy atom. The lowest BCUT2D eigenvalue weighted by Crippen LogP contribution is -2.40. The Bertz CT molecular complexity index is 1870. The zero-order valence-electron chi connectivity index (χ0n) is 24.1. The average Bonchev–Trinajstić information content (AvgIpc) is 3.34. The molecule has 1 atom stereocenters. The van der Waals surface area contributed by atoms with Gasteiger partial charge < -0.3 is 14.2 Å². The number of fused-ring (bicyclic) bond motifs is 1. The Labute approximate surface area is 262 Å². The molecule has 3 aromatic carbocycles. The van der Waals surface area contributed by atoms with Crippen LogP contribution in [0.3, 0.4) is 0 Å². The molecular weight excluding hydrogens is 628 g/mol. The number of halogens is 1. The lowest BCUT2D eigenvalue weighted by Gasteiger charge is -2.25. The summed E-state index contributed by atoms with van der Waals surface area (Å²) < 4.78 is 20.2. The number of ether oxygens (including phenoxy) is 3. The molecule has 9 heteroatoms. The fourth-order valence-corrected chi connectivity index (χ4v) is 6.38. The molecule has 2 heterocycles. The van der Waals surface area contributed by atoms with Crippen molar-refractivity contribution >= 4 is 39.3 Å². The van der Waals surface area contributed by atoms with E-state index in [1.54, 1.807) is 17.8 Å². The first kappa shape index (κ1) is 30.3. The molecule has 0 fully saturated rings. The highest BCUT2D eigenvalue weighted by atomic mass is 79.9. The summed E-state index contributed by atoms with van der Waals surface area (Å²) in [5, 5.41) is 0. The Morgan fingerprint density at radius 2 is 1.86 bits per heavy atom. The molecule has 43 heavy (non-hydrogen) atoms. The molecule has 0 bridgehead atoms. The lowest BCUT2D eigenvalue weighted by atomic mass is 9.95. The molecule has 5 rings (SSSR count). The van der Waals surface area contributed by atoms with E-state index in [0.717, 1.165) is 26.7 Å². The summed E-state index contributed by atoms with van der Waals surface area (Å²) in [7, 11) is 2.94. The number of benzene rings is 3. The number of aromatic nitrogens is 1. The van der Waals surface area contributed by atoms with Crippen LogP contribution in [0.5, 0.6) is 11.5 Å². The van der Waals surface area contributed by atoms with Gasteiger partial charge in [0.25, 0.3) is 5.56 Å². The van der Waals surface area contributed by atoms with Gasteiger partial charge in [-0.2, -0.15) is 0 Å². The highest BCUT2D eigenvalue weighted by Crippen LogP contribution is 2.35. The van der Waals surface area contributed by atoms with E-state index in [-0.39, 0.29) is 5.56 Å². The summed E-state index contributed by atoms with van der Waals surface area (Å²) in [5.74, 6) is 0.684. The van der Waals surface area contributed by atoms with Gasteiger partial charge in [0.15, 0.2) is 16.3 Å². The van der Waals surface area contributed by atoms with Gasteiger partial charge in [-0.1, -0.05) is 82.7 Å². The van der Waals surface area contributed by atoms with Crippen molar-refractivity contribution in [3.63, 3.8) is 0 Å². The van der Waals surface area contributed by atoms with Crippen molar-refractivity contribution in [1.29, 1.82) is 0 Å². The lowest BCUT2D eigenvalue weighted by molar-refractivity contribution is -0.136. The number of allylic oxidation sites excluding steroid dienone is 2. The predicted molar refractivity (Wildman–Crippen MR) is 172 cm³/mol. The summed E-state index contributed by atoms with van der Waals surface area (Å²) in [6, 6.07) is 20.6. The van der Waals surface area contributed by atoms with Gasteiger partial charge in [0.2, 0.25) is 0 Å². The van der Waals surface area contributed by atoms with Crippen LogP contribution in [0, 0.1) is 0 Å². The number of carbonyl (C=O) groups excluding carboxylic acids is 1. The Kier molecular flexibility index (Phi) is 9.43. The zero-order valence-corrected chi connectivity index (χ0v) is 26.5. The third kappa shape index (κ3) is 6.28. The maximum atomic E-state index is 14.0. The van der Waals surface area contributed by atoms with Crippen molar-refractivity contribution in [3.05, 3.63) is 137 Å².